The van der Waals surface area contributed by atoms with Crippen LogP contribution >= 0.6 is 0 Å². The molecule has 0 fully saturated rings. The van der Waals surface area contributed by atoms with Crippen molar-refractivity contribution < 1.29 is 33.0 Å². The van der Waals surface area contributed by atoms with Crippen LogP contribution in [0.5, 0.6) is 11.9 Å². The van der Waals surface area contributed by atoms with Gasteiger partial charge in [0.25, 0.3) is 11.9 Å². The molecule has 0 spiro atoms. The lowest BCUT2D eigenvalue weighted by Gasteiger charge is -2.14. The van der Waals surface area contributed by atoms with Crippen LogP contribution in [0.1, 0.15) is 24.0 Å². The maximum absolute atomic E-state index is 13.1. The molecule has 2 heterocycles. The quantitative estimate of drug-likeness (QED) is 0.694. The van der Waals surface area contributed by atoms with Crippen molar-refractivity contribution in [1.82, 2.24) is 0 Å². The van der Waals surface area contributed by atoms with Crippen molar-refractivity contribution in [3.8, 4) is 11.9 Å². The normalized spacial score (nSPS) is 15.5. The predicted molar refractivity (Wildman–Crippen MR) is 104 cm³/mol. The minimum Gasteiger partial charge on any atom is -0.481 e. The van der Waals surface area contributed by atoms with Crippen molar-refractivity contribution in [3.63, 3.8) is 0 Å². The van der Waals surface area contributed by atoms with E-state index in [0.29, 0.717) is 5.56 Å². The monoisotopic (exact) mass is 416 g/mol. The summed E-state index contributed by atoms with van der Waals surface area (Å²) in [6.45, 7) is 1.71. The second kappa shape index (κ2) is 8.90. The fourth-order valence-corrected chi connectivity index (χ4v) is 2.37. The summed E-state index contributed by atoms with van der Waals surface area (Å²) in [5, 5.41) is 19.8. The summed E-state index contributed by atoms with van der Waals surface area (Å²) in [6.07, 6.45) is -0.974. The molecule has 1 aromatic heterocycles. The van der Waals surface area contributed by atoms with Crippen molar-refractivity contribution in [2.75, 3.05) is 6.61 Å². The first-order valence-electron chi connectivity index (χ1n) is 8.67. The second-order valence-electron chi connectivity index (χ2n) is 5.79. The third kappa shape index (κ3) is 4.82. The molecule has 11 heteroatoms. The molecule has 156 valence electrons. The first-order valence-corrected chi connectivity index (χ1v) is 8.67. The summed E-state index contributed by atoms with van der Waals surface area (Å²) in [4.78, 5) is 23.8. The van der Waals surface area contributed by atoms with Gasteiger partial charge in [0, 0.05) is 12.1 Å². The van der Waals surface area contributed by atoms with Crippen molar-refractivity contribution >= 4 is 23.5 Å². The summed E-state index contributed by atoms with van der Waals surface area (Å²) in [5.41, 5.74) is 6.29. The number of hydrogen-bond acceptors (Lipinski definition) is 8. The molecule has 4 N–H and O–H groups in total. The summed E-state index contributed by atoms with van der Waals surface area (Å²) in [5.74, 6) is -2.57. The Morgan fingerprint density at radius 2 is 1.77 bits per heavy atom. The Kier molecular flexibility index (Phi) is 6.11. The van der Waals surface area contributed by atoms with Crippen LogP contribution in [0.4, 0.5) is 9.18 Å². The highest BCUT2D eigenvalue weighted by atomic mass is 19.1. The van der Waals surface area contributed by atoms with Crippen LogP contribution in [0.2, 0.25) is 0 Å². The van der Waals surface area contributed by atoms with Gasteiger partial charge >= 0.3 is 6.09 Å². The number of amidine groups is 2. The van der Waals surface area contributed by atoms with Crippen LogP contribution in [0.15, 0.2) is 60.2 Å². The van der Waals surface area contributed by atoms with E-state index in [1.54, 1.807) is 6.92 Å². The van der Waals surface area contributed by atoms with Gasteiger partial charge in [-0.2, -0.15) is 4.99 Å². The zero-order chi connectivity index (χ0) is 21.7. The van der Waals surface area contributed by atoms with Crippen LogP contribution in [0, 0.1) is 5.82 Å². The fourth-order valence-electron chi connectivity index (χ4n) is 2.37. The highest BCUT2D eigenvalue weighted by Gasteiger charge is 2.29. The standard InChI is InChI=1S/C19H17FN4O6/c1-2-28-19(27)23-14-15-16(30-13(26)8-7-12(25)29-15)18(24-17(14)21)22-9-10-3-5-11(20)6-4-10/h3-8,25-26H,2,9H2,1H3,(H2,21,22,24)/b12-7?,13-8?,23-14-. The average Bonchev–Trinajstić information content (AvgIpc) is 2.70. The maximum Gasteiger partial charge on any atom is 0.434 e. The van der Waals surface area contributed by atoms with Gasteiger partial charge in [-0.15, -0.1) is 0 Å². The van der Waals surface area contributed by atoms with Crippen LogP contribution < -0.4 is 5.73 Å². The van der Waals surface area contributed by atoms with E-state index in [2.05, 4.69) is 15.0 Å². The molecule has 30 heavy (non-hydrogen) atoms. The Labute approximate surface area is 169 Å². The van der Waals surface area contributed by atoms with Gasteiger partial charge in [-0.25, -0.2) is 14.2 Å². The minimum absolute atomic E-state index is 0.0587. The highest BCUT2D eigenvalue weighted by Crippen LogP contribution is 2.24. The van der Waals surface area contributed by atoms with Gasteiger partial charge in [0.05, 0.1) is 13.2 Å². The number of hydrogen-bond donors (Lipinski definition) is 3. The largest absolute Gasteiger partial charge is 0.481 e. The smallest absolute Gasteiger partial charge is 0.434 e. The molecule has 1 aliphatic heterocycles. The first kappa shape index (κ1) is 20.6. The lowest BCUT2D eigenvalue weighted by molar-refractivity contribution is 0.163. The van der Waals surface area contributed by atoms with Crippen molar-refractivity contribution in [2.24, 2.45) is 20.7 Å². The fraction of sp³-hybridized carbons (Fsp3) is 0.158. The summed E-state index contributed by atoms with van der Waals surface area (Å²) in [6, 6.07) is 7.64. The molecule has 1 amide bonds. The van der Waals surface area contributed by atoms with E-state index >= 15 is 0 Å². The molecule has 0 saturated carbocycles. The predicted octanol–water partition coefficient (Wildman–Crippen LogP) is 2.81. The molecular weight excluding hydrogens is 399 g/mol. The second-order valence-corrected chi connectivity index (χ2v) is 5.79. The topological polar surface area (TPSA) is 156 Å². The van der Waals surface area contributed by atoms with Gasteiger partial charge in [0.2, 0.25) is 11.5 Å². The van der Waals surface area contributed by atoms with E-state index in [0.717, 1.165) is 12.1 Å². The molecule has 10 nitrogen and oxygen atoms in total. The number of nitrogens with two attached hydrogens (primary N) is 1. The number of nitrogens with zero attached hydrogens (tertiary/aromatic N) is 3. The van der Waals surface area contributed by atoms with Crippen molar-refractivity contribution in [3.05, 3.63) is 59.3 Å². The third-order valence-corrected chi connectivity index (χ3v) is 3.67. The summed E-state index contributed by atoms with van der Waals surface area (Å²) < 4.78 is 28.5. The Morgan fingerprint density at radius 1 is 1.13 bits per heavy atom. The lowest BCUT2D eigenvalue weighted by Crippen LogP contribution is -2.32. The van der Waals surface area contributed by atoms with Crippen molar-refractivity contribution in [1.29, 1.82) is 0 Å². The molecule has 3 rings (SSSR count). The van der Waals surface area contributed by atoms with Gasteiger partial charge in [0.15, 0.2) is 17.4 Å². The minimum atomic E-state index is -0.974. The molecule has 0 radical (unpaired) electrons. The third-order valence-electron chi connectivity index (χ3n) is 3.67. The molecule has 1 aromatic carbocycles. The zero-order valence-corrected chi connectivity index (χ0v) is 15.7. The number of amides is 1. The number of aromatic hydroxyl groups is 2. The summed E-state index contributed by atoms with van der Waals surface area (Å²) in [7, 11) is 0. The van der Waals surface area contributed by atoms with E-state index in [1.807, 2.05) is 0 Å². The first-order chi connectivity index (χ1) is 14.4. The molecule has 1 aliphatic rings. The number of carbonyl (C=O) groups excluding carboxylic acids is 1. The number of fused-ring (bicyclic) bond motifs is 1. The molecule has 0 bridgehead atoms. The average molecular weight is 416 g/mol. The lowest BCUT2D eigenvalue weighted by atomic mass is 10.1. The number of rotatable bonds is 3. The highest BCUT2D eigenvalue weighted by molar-refractivity contribution is 6.51. The number of halogens is 1. The number of ether oxygens (including phenoxy) is 1. The Balaban J connectivity index is 2.16. The van der Waals surface area contributed by atoms with E-state index < -0.39 is 23.8 Å². The van der Waals surface area contributed by atoms with Gasteiger partial charge in [-0.05, 0) is 24.6 Å². The van der Waals surface area contributed by atoms with E-state index in [1.165, 1.54) is 24.3 Å². The molecule has 0 atom stereocenters. The number of carbonyl (C=O) groups is 1. The van der Waals surface area contributed by atoms with Crippen molar-refractivity contribution in [2.45, 2.75) is 13.5 Å². The van der Waals surface area contributed by atoms with Gasteiger partial charge in [-0.3, -0.25) is 4.99 Å². The molecule has 0 unspecified atom stereocenters. The van der Waals surface area contributed by atoms with E-state index in [-0.39, 0.29) is 42.1 Å². The number of aliphatic imine (C=N–C) groups is 3. The molecular formula is C19H17FN4O6. The Bertz CT molecular complexity index is 1100. The van der Waals surface area contributed by atoms with Gasteiger partial charge in [0.1, 0.15) is 5.82 Å². The molecule has 2 aromatic rings. The summed E-state index contributed by atoms with van der Waals surface area (Å²) >= 11 is 0. The van der Waals surface area contributed by atoms with Gasteiger partial charge < -0.3 is 29.5 Å². The zero-order valence-electron chi connectivity index (χ0n) is 15.7. The van der Waals surface area contributed by atoms with Crippen LogP contribution in [-0.4, -0.2) is 40.3 Å². The van der Waals surface area contributed by atoms with Crippen LogP contribution in [-0.2, 0) is 11.3 Å². The Morgan fingerprint density at radius 3 is 2.40 bits per heavy atom. The molecule has 0 aliphatic carbocycles. The Hall–Kier alpha value is -4.15. The number of benzene rings is 1. The van der Waals surface area contributed by atoms with Gasteiger partial charge in [-0.1, -0.05) is 12.1 Å². The van der Waals surface area contributed by atoms with Crippen LogP contribution in [0.25, 0.3) is 0 Å². The maximum atomic E-state index is 13.1. The van der Waals surface area contributed by atoms with E-state index in [4.69, 9.17) is 19.3 Å². The molecule has 0 saturated heterocycles. The SMILES string of the molecule is CCOC(=O)/N=C1\C(N)=NC(=NCc2ccc(F)cc2)c2oc(O)ccc(O)oc21. The van der Waals surface area contributed by atoms with Crippen LogP contribution in [0.3, 0.4) is 0 Å². The van der Waals surface area contributed by atoms with E-state index in [9.17, 15) is 19.4 Å².